The Morgan fingerprint density at radius 3 is 2.64 bits per heavy atom. The lowest BCUT2D eigenvalue weighted by molar-refractivity contribution is 0.102. The molecule has 1 aromatic heterocycles. The van der Waals surface area contributed by atoms with Crippen LogP contribution in [0.1, 0.15) is 21.5 Å². The zero-order valence-electron chi connectivity index (χ0n) is 12.6. The third-order valence-corrected chi connectivity index (χ3v) is 3.70. The molecule has 0 aliphatic heterocycles. The SMILES string of the molecule is Cc1ccc(C(=O)Nc2cccc(-c3ccn[nH]3)c2)cc1C. The van der Waals surface area contributed by atoms with Crippen LogP contribution in [0.3, 0.4) is 0 Å². The second kappa shape index (κ2) is 5.85. The van der Waals surface area contributed by atoms with E-state index in [-0.39, 0.29) is 5.91 Å². The molecule has 22 heavy (non-hydrogen) atoms. The van der Waals surface area contributed by atoms with Gasteiger partial charge in [-0.3, -0.25) is 9.89 Å². The molecule has 0 radical (unpaired) electrons. The van der Waals surface area contributed by atoms with E-state index in [4.69, 9.17) is 0 Å². The molecule has 1 heterocycles. The summed E-state index contributed by atoms with van der Waals surface area (Å²) in [4.78, 5) is 12.3. The van der Waals surface area contributed by atoms with E-state index in [1.54, 1.807) is 6.20 Å². The van der Waals surface area contributed by atoms with Crippen molar-refractivity contribution in [1.82, 2.24) is 10.2 Å². The van der Waals surface area contributed by atoms with Gasteiger partial charge in [0.05, 0.1) is 5.69 Å². The molecule has 3 rings (SSSR count). The number of hydrogen-bond acceptors (Lipinski definition) is 2. The van der Waals surface area contributed by atoms with E-state index in [0.29, 0.717) is 5.56 Å². The fraction of sp³-hybridized carbons (Fsp3) is 0.111. The van der Waals surface area contributed by atoms with Crippen molar-refractivity contribution in [3.8, 4) is 11.3 Å². The highest BCUT2D eigenvalue weighted by Gasteiger charge is 2.08. The predicted molar refractivity (Wildman–Crippen MR) is 87.9 cm³/mol. The van der Waals surface area contributed by atoms with Gasteiger partial charge in [0.15, 0.2) is 0 Å². The number of amides is 1. The number of anilines is 1. The smallest absolute Gasteiger partial charge is 0.255 e. The number of aromatic nitrogens is 2. The molecule has 3 aromatic rings. The second-order valence-corrected chi connectivity index (χ2v) is 5.30. The number of aryl methyl sites for hydroxylation is 2. The first-order valence-corrected chi connectivity index (χ1v) is 7.12. The van der Waals surface area contributed by atoms with E-state index in [9.17, 15) is 4.79 Å². The maximum atomic E-state index is 12.3. The fourth-order valence-corrected chi connectivity index (χ4v) is 2.27. The molecule has 0 saturated carbocycles. The number of H-pyrrole nitrogens is 1. The van der Waals surface area contributed by atoms with Crippen molar-refractivity contribution in [3.63, 3.8) is 0 Å². The lowest BCUT2D eigenvalue weighted by Gasteiger charge is -2.08. The summed E-state index contributed by atoms with van der Waals surface area (Å²) in [5, 5.41) is 9.79. The van der Waals surface area contributed by atoms with Gasteiger partial charge in [-0.25, -0.2) is 0 Å². The minimum absolute atomic E-state index is 0.107. The second-order valence-electron chi connectivity index (χ2n) is 5.30. The summed E-state index contributed by atoms with van der Waals surface area (Å²) in [5.74, 6) is -0.107. The first kappa shape index (κ1) is 14.1. The van der Waals surface area contributed by atoms with Gasteiger partial charge < -0.3 is 5.32 Å². The first-order valence-electron chi connectivity index (χ1n) is 7.12. The monoisotopic (exact) mass is 291 g/mol. The quantitative estimate of drug-likeness (QED) is 0.767. The molecule has 1 amide bonds. The highest BCUT2D eigenvalue weighted by molar-refractivity contribution is 6.04. The molecule has 4 heteroatoms. The van der Waals surface area contributed by atoms with Gasteiger partial charge in [0.2, 0.25) is 0 Å². The van der Waals surface area contributed by atoms with Gasteiger partial charge in [-0.15, -0.1) is 0 Å². The molecule has 0 aliphatic carbocycles. The van der Waals surface area contributed by atoms with E-state index in [1.807, 2.05) is 62.4 Å². The van der Waals surface area contributed by atoms with Crippen LogP contribution >= 0.6 is 0 Å². The van der Waals surface area contributed by atoms with Crippen molar-refractivity contribution in [1.29, 1.82) is 0 Å². The number of carbonyl (C=O) groups is 1. The minimum Gasteiger partial charge on any atom is -0.322 e. The van der Waals surface area contributed by atoms with Crippen molar-refractivity contribution in [2.24, 2.45) is 0 Å². The molecule has 0 spiro atoms. The van der Waals surface area contributed by atoms with Crippen molar-refractivity contribution < 1.29 is 4.79 Å². The van der Waals surface area contributed by atoms with Crippen LogP contribution in [0.5, 0.6) is 0 Å². The largest absolute Gasteiger partial charge is 0.322 e. The molecule has 110 valence electrons. The molecule has 0 bridgehead atoms. The number of hydrogen-bond donors (Lipinski definition) is 2. The molecule has 0 saturated heterocycles. The number of carbonyl (C=O) groups excluding carboxylic acids is 1. The number of nitrogens with one attached hydrogen (secondary N) is 2. The van der Waals surface area contributed by atoms with Crippen LogP contribution in [-0.2, 0) is 0 Å². The van der Waals surface area contributed by atoms with Crippen molar-refractivity contribution in [2.45, 2.75) is 13.8 Å². The molecule has 2 N–H and O–H groups in total. The Kier molecular flexibility index (Phi) is 3.74. The van der Waals surface area contributed by atoms with Crippen molar-refractivity contribution >= 4 is 11.6 Å². The lowest BCUT2D eigenvalue weighted by atomic mass is 10.1. The van der Waals surface area contributed by atoms with E-state index in [1.165, 1.54) is 5.56 Å². The van der Waals surface area contributed by atoms with Gasteiger partial charge in [-0.1, -0.05) is 18.2 Å². The van der Waals surface area contributed by atoms with E-state index in [2.05, 4.69) is 15.5 Å². The molecule has 0 unspecified atom stereocenters. The summed E-state index contributed by atoms with van der Waals surface area (Å²) in [7, 11) is 0. The van der Waals surface area contributed by atoms with Crippen LogP contribution in [0, 0.1) is 13.8 Å². The summed E-state index contributed by atoms with van der Waals surface area (Å²) in [6, 6.07) is 15.3. The highest BCUT2D eigenvalue weighted by atomic mass is 16.1. The number of aromatic amines is 1. The summed E-state index contributed by atoms with van der Waals surface area (Å²) < 4.78 is 0. The Bertz CT molecular complexity index is 807. The maximum Gasteiger partial charge on any atom is 0.255 e. The normalized spacial score (nSPS) is 10.5. The number of nitrogens with zero attached hydrogens (tertiary/aromatic N) is 1. The third kappa shape index (κ3) is 2.91. The van der Waals surface area contributed by atoms with Crippen molar-refractivity contribution in [2.75, 3.05) is 5.32 Å². The molecule has 0 aliphatic rings. The van der Waals surface area contributed by atoms with E-state index >= 15 is 0 Å². The van der Waals surface area contributed by atoms with Gasteiger partial charge in [0, 0.05) is 23.0 Å². The third-order valence-electron chi connectivity index (χ3n) is 3.70. The summed E-state index contributed by atoms with van der Waals surface area (Å²) in [5.41, 5.74) is 5.61. The summed E-state index contributed by atoms with van der Waals surface area (Å²) in [6.07, 6.45) is 1.70. The fourth-order valence-electron chi connectivity index (χ4n) is 2.27. The van der Waals surface area contributed by atoms with Crippen LogP contribution in [0.15, 0.2) is 54.7 Å². The molecule has 4 nitrogen and oxygen atoms in total. The Morgan fingerprint density at radius 2 is 1.91 bits per heavy atom. The molecule has 0 atom stereocenters. The van der Waals surface area contributed by atoms with Crippen LogP contribution in [0.4, 0.5) is 5.69 Å². The van der Waals surface area contributed by atoms with Gasteiger partial charge in [0.25, 0.3) is 5.91 Å². The van der Waals surface area contributed by atoms with Crippen LogP contribution in [-0.4, -0.2) is 16.1 Å². The molecule has 0 fully saturated rings. The summed E-state index contributed by atoms with van der Waals surface area (Å²) in [6.45, 7) is 4.04. The van der Waals surface area contributed by atoms with Gasteiger partial charge in [0.1, 0.15) is 0 Å². The highest BCUT2D eigenvalue weighted by Crippen LogP contribution is 2.21. The number of rotatable bonds is 3. The summed E-state index contributed by atoms with van der Waals surface area (Å²) >= 11 is 0. The average Bonchev–Trinajstić information content (AvgIpc) is 3.04. The van der Waals surface area contributed by atoms with Crippen LogP contribution in [0.2, 0.25) is 0 Å². The van der Waals surface area contributed by atoms with Gasteiger partial charge >= 0.3 is 0 Å². The van der Waals surface area contributed by atoms with Crippen LogP contribution in [0.25, 0.3) is 11.3 Å². The Balaban J connectivity index is 1.82. The number of benzene rings is 2. The topological polar surface area (TPSA) is 57.8 Å². The van der Waals surface area contributed by atoms with E-state index in [0.717, 1.165) is 22.5 Å². The Labute approximate surface area is 129 Å². The molecule has 2 aromatic carbocycles. The Hall–Kier alpha value is -2.88. The first-order chi connectivity index (χ1) is 10.6. The van der Waals surface area contributed by atoms with Gasteiger partial charge in [-0.2, -0.15) is 5.10 Å². The average molecular weight is 291 g/mol. The molecular weight excluding hydrogens is 274 g/mol. The van der Waals surface area contributed by atoms with Crippen LogP contribution < -0.4 is 5.32 Å². The predicted octanol–water partition coefficient (Wildman–Crippen LogP) is 3.95. The minimum atomic E-state index is -0.107. The standard InChI is InChI=1S/C18H17N3O/c1-12-6-7-15(10-13(12)2)18(22)20-16-5-3-4-14(11-16)17-8-9-19-21-17/h3-11H,1-2H3,(H,19,21)(H,20,22). The van der Waals surface area contributed by atoms with Crippen molar-refractivity contribution in [3.05, 3.63) is 71.4 Å². The lowest BCUT2D eigenvalue weighted by Crippen LogP contribution is -2.12. The zero-order chi connectivity index (χ0) is 15.5. The molecular formula is C18H17N3O. The maximum absolute atomic E-state index is 12.3. The van der Waals surface area contributed by atoms with Gasteiger partial charge in [-0.05, 0) is 55.3 Å². The van der Waals surface area contributed by atoms with E-state index < -0.39 is 0 Å². The Morgan fingerprint density at radius 1 is 1.05 bits per heavy atom. The zero-order valence-corrected chi connectivity index (χ0v) is 12.6.